The Morgan fingerprint density at radius 2 is 2.00 bits per heavy atom. The van der Waals surface area contributed by atoms with Crippen molar-refractivity contribution in [3.8, 4) is 0 Å². The van der Waals surface area contributed by atoms with Gasteiger partial charge in [-0.1, -0.05) is 18.2 Å². The first-order valence-electron chi connectivity index (χ1n) is 7.25. The molecule has 7 heteroatoms. The van der Waals surface area contributed by atoms with Gasteiger partial charge in [0.05, 0.1) is 4.90 Å². The van der Waals surface area contributed by atoms with Crippen molar-refractivity contribution in [2.75, 3.05) is 11.4 Å². The largest absolute Gasteiger partial charge is 0.308 e. The van der Waals surface area contributed by atoms with E-state index in [-0.39, 0.29) is 16.6 Å². The first kappa shape index (κ1) is 16.4. The van der Waals surface area contributed by atoms with Crippen molar-refractivity contribution in [2.45, 2.75) is 11.3 Å². The maximum atomic E-state index is 13.1. The van der Waals surface area contributed by atoms with Crippen molar-refractivity contribution in [3.05, 3.63) is 65.5 Å². The first-order valence-corrected chi connectivity index (χ1v) is 8.80. The molecule has 0 fully saturated rings. The van der Waals surface area contributed by atoms with Gasteiger partial charge < -0.3 is 4.90 Å². The fourth-order valence-electron chi connectivity index (χ4n) is 2.63. The van der Waals surface area contributed by atoms with Gasteiger partial charge in [0.2, 0.25) is 10.0 Å². The highest BCUT2D eigenvalue weighted by Crippen LogP contribution is 2.30. The lowest BCUT2D eigenvalue weighted by Crippen LogP contribution is -2.27. The van der Waals surface area contributed by atoms with Gasteiger partial charge in [0.25, 0.3) is 5.91 Å². The predicted octanol–water partition coefficient (Wildman–Crippen LogP) is 2.08. The summed E-state index contributed by atoms with van der Waals surface area (Å²) in [6, 6.07) is 10.4. The van der Waals surface area contributed by atoms with Crippen molar-refractivity contribution >= 4 is 27.7 Å². The summed E-state index contributed by atoms with van der Waals surface area (Å²) in [7, 11) is -3.83. The summed E-state index contributed by atoms with van der Waals surface area (Å²) in [6.45, 7) is 0.454. The summed E-state index contributed by atoms with van der Waals surface area (Å²) in [6.07, 6.45) is 3.50. The highest BCUT2D eigenvalue weighted by Gasteiger charge is 2.25. The van der Waals surface area contributed by atoms with Gasteiger partial charge in [-0.05, 0) is 47.9 Å². The fourth-order valence-corrected chi connectivity index (χ4v) is 3.17. The van der Waals surface area contributed by atoms with Gasteiger partial charge in [0.15, 0.2) is 0 Å². The number of primary sulfonamides is 1. The van der Waals surface area contributed by atoms with Crippen LogP contribution in [0.4, 0.5) is 10.1 Å². The van der Waals surface area contributed by atoms with Crippen LogP contribution in [0.2, 0.25) is 0 Å². The number of nitrogens with two attached hydrogens (primary N) is 1. The summed E-state index contributed by atoms with van der Waals surface area (Å²) in [5.41, 5.74) is 1.99. The van der Waals surface area contributed by atoms with Crippen LogP contribution in [0.3, 0.4) is 0 Å². The van der Waals surface area contributed by atoms with E-state index >= 15 is 0 Å². The molecule has 0 saturated carbocycles. The minimum atomic E-state index is -3.83. The Labute approximate surface area is 139 Å². The Morgan fingerprint density at radius 1 is 1.21 bits per heavy atom. The zero-order valence-corrected chi connectivity index (χ0v) is 13.5. The van der Waals surface area contributed by atoms with E-state index in [9.17, 15) is 17.6 Å². The summed E-state index contributed by atoms with van der Waals surface area (Å²) >= 11 is 0. The molecule has 0 unspecified atom stereocenters. The molecule has 1 aliphatic rings. The molecule has 5 nitrogen and oxygen atoms in total. The van der Waals surface area contributed by atoms with E-state index in [1.807, 2.05) is 0 Å². The fraction of sp³-hybridized carbons (Fsp3) is 0.118. The highest BCUT2D eigenvalue weighted by atomic mass is 32.2. The van der Waals surface area contributed by atoms with Crippen molar-refractivity contribution in [1.29, 1.82) is 0 Å². The van der Waals surface area contributed by atoms with Gasteiger partial charge >= 0.3 is 0 Å². The molecule has 0 aliphatic carbocycles. The SMILES string of the molecule is NS(=O)(=O)c1ccc2c(c1)N(C(=O)/C=C\c1cccc(F)c1)CC2. The molecule has 2 N–H and O–H groups in total. The number of amides is 1. The average Bonchev–Trinajstić information content (AvgIpc) is 2.95. The van der Waals surface area contributed by atoms with Gasteiger partial charge in [0.1, 0.15) is 5.82 Å². The maximum absolute atomic E-state index is 13.1. The van der Waals surface area contributed by atoms with Crippen LogP contribution in [-0.4, -0.2) is 20.9 Å². The number of fused-ring (bicyclic) bond motifs is 1. The zero-order chi connectivity index (χ0) is 17.3. The van der Waals surface area contributed by atoms with E-state index < -0.39 is 10.0 Å². The Bertz CT molecular complexity index is 939. The third-order valence-electron chi connectivity index (χ3n) is 3.81. The van der Waals surface area contributed by atoms with Gasteiger partial charge in [-0.25, -0.2) is 17.9 Å². The molecular formula is C17H15FN2O3S. The van der Waals surface area contributed by atoms with Crippen LogP contribution in [-0.2, 0) is 21.2 Å². The molecule has 0 aromatic heterocycles. The number of rotatable bonds is 3. The van der Waals surface area contributed by atoms with Crippen LogP contribution in [0.1, 0.15) is 11.1 Å². The number of sulfonamides is 1. The molecular weight excluding hydrogens is 331 g/mol. The first-order chi connectivity index (χ1) is 11.3. The number of nitrogens with zero attached hydrogens (tertiary/aromatic N) is 1. The van der Waals surface area contributed by atoms with Crippen molar-refractivity contribution < 1.29 is 17.6 Å². The number of carbonyl (C=O) groups excluding carboxylic acids is 1. The monoisotopic (exact) mass is 346 g/mol. The van der Waals surface area contributed by atoms with Crippen LogP contribution in [0.15, 0.2) is 53.4 Å². The molecule has 24 heavy (non-hydrogen) atoms. The van der Waals surface area contributed by atoms with Crippen molar-refractivity contribution in [2.24, 2.45) is 5.14 Å². The molecule has 0 atom stereocenters. The second kappa shape index (κ2) is 6.18. The predicted molar refractivity (Wildman–Crippen MR) is 89.3 cm³/mol. The van der Waals surface area contributed by atoms with Crippen LogP contribution >= 0.6 is 0 Å². The molecule has 1 aliphatic heterocycles. The average molecular weight is 346 g/mol. The lowest BCUT2D eigenvalue weighted by Gasteiger charge is -2.15. The molecule has 0 radical (unpaired) electrons. The number of hydrogen-bond donors (Lipinski definition) is 1. The standard InChI is InChI=1S/C17H15FN2O3S/c18-14-3-1-2-12(10-14)4-7-17(21)20-9-8-13-5-6-15(11-16(13)20)24(19,22)23/h1-7,10-11H,8-9H2,(H2,19,22,23)/b7-4-. The van der Waals surface area contributed by atoms with E-state index in [0.29, 0.717) is 24.2 Å². The van der Waals surface area contributed by atoms with Crippen molar-refractivity contribution in [3.63, 3.8) is 0 Å². The number of carbonyl (C=O) groups is 1. The minimum absolute atomic E-state index is 0.0324. The summed E-state index contributed by atoms with van der Waals surface area (Å²) in [5.74, 6) is -0.682. The second-order valence-corrected chi connectivity index (χ2v) is 7.03. The molecule has 0 spiro atoms. The Balaban J connectivity index is 1.86. The second-order valence-electron chi connectivity index (χ2n) is 5.46. The van der Waals surface area contributed by atoms with Gasteiger partial charge in [-0.3, -0.25) is 4.79 Å². The smallest absolute Gasteiger partial charge is 0.251 e. The number of benzene rings is 2. The lowest BCUT2D eigenvalue weighted by atomic mass is 10.2. The maximum Gasteiger partial charge on any atom is 0.251 e. The zero-order valence-electron chi connectivity index (χ0n) is 12.6. The Hall–Kier alpha value is -2.51. The van der Waals surface area contributed by atoms with E-state index in [0.717, 1.165) is 5.56 Å². The number of halogens is 1. The third kappa shape index (κ3) is 3.37. The topological polar surface area (TPSA) is 80.5 Å². The van der Waals surface area contributed by atoms with E-state index in [2.05, 4.69) is 0 Å². The minimum Gasteiger partial charge on any atom is -0.308 e. The van der Waals surface area contributed by atoms with Gasteiger partial charge in [-0.15, -0.1) is 0 Å². The van der Waals surface area contributed by atoms with Crippen LogP contribution < -0.4 is 10.0 Å². The molecule has 2 aromatic rings. The van der Waals surface area contributed by atoms with Gasteiger partial charge in [-0.2, -0.15) is 0 Å². The quantitative estimate of drug-likeness (QED) is 0.864. The van der Waals surface area contributed by atoms with E-state index in [4.69, 9.17) is 5.14 Å². The molecule has 1 amide bonds. The molecule has 2 aromatic carbocycles. The Kier molecular flexibility index (Phi) is 4.21. The van der Waals surface area contributed by atoms with Crippen molar-refractivity contribution in [1.82, 2.24) is 0 Å². The molecule has 0 saturated heterocycles. The molecule has 3 rings (SSSR count). The summed E-state index contributed by atoms with van der Waals surface area (Å²) in [4.78, 5) is 13.8. The van der Waals surface area contributed by atoms with Gasteiger partial charge in [0, 0.05) is 18.3 Å². The number of anilines is 1. The molecule has 0 bridgehead atoms. The van der Waals surface area contributed by atoms with Crippen LogP contribution in [0, 0.1) is 5.82 Å². The normalized spacial score (nSPS) is 14.2. The molecule has 124 valence electrons. The van der Waals surface area contributed by atoms with Crippen LogP contribution in [0.5, 0.6) is 0 Å². The number of hydrogen-bond acceptors (Lipinski definition) is 3. The summed E-state index contributed by atoms with van der Waals surface area (Å²) < 4.78 is 36.1. The van der Waals surface area contributed by atoms with Crippen LogP contribution in [0.25, 0.3) is 6.08 Å². The Morgan fingerprint density at radius 3 is 2.71 bits per heavy atom. The van der Waals surface area contributed by atoms with E-state index in [1.165, 1.54) is 41.3 Å². The molecule has 1 heterocycles. The summed E-state index contributed by atoms with van der Waals surface area (Å²) in [5, 5.41) is 5.14. The third-order valence-corrected chi connectivity index (χ3v) is 4.72. The highest BCUT2D eigenvalue weighted by molar-refractivity contribution is 7.89. The lowest BCUT2D eigenvalue weighted by molar-refractivity contribution is -0.114. The van der Waals surface area contributed by atoms with E-state index in [1.54, 1.807) is 18.2 Å².